The van der Waals surface area contributed by atoms with Gasteiger partial charge in [-0.1, -0.05) is 16.5 Å². The van der Waals surface area contributed by atoms with Gasteiger partial charge in [0.25, 0.3) is 0 Å². The largest absolute Gasteiger partial charge is 0.355 e. The maximum absolute atomic E-state index is 10.5. The molecule has 0 aromatic carbocycles. The number of rotatable bonds is 5. The van der Waals surface area contributed by atoms with Crippen molar-refractivity contribution in [3.63, 3.8) is 0 Å². The molecular weight excluding hydrogens is 216 g/mol. The number of hydrogen-bond donors (Lipinski definition) is 1. The standard InChI is InChI=1S/C9H10N2OS2/c1-8(12)10-6-7-13-14-9-4-2-3-5-11-9/h3,5H,6-7H2,1H3,(H,10,12). The van der Waals surface area contributed by atoms with Crippen molar-refractivity contribution in [3.05, 3.63) is 22.6 Å². The lowest BCUT2D eigenvalue weighted by Crippen LogP contribution is -2.22. The van der Waals surface area contributed by atoms with Crippen molar-refractivity contribution in [1.29, 1.82) is 0 Å². The van der Waals surface area contributed by atoms with E-state index in [4.69, 9.17) is 0 Å². The second kappa shape index (κ2) is 6.57. The van der Waals surface area contributed by atoms with Crippen LogP contribution in [0.4, 0.5) is 0 Å². The lowest BCUT2D eigenvalue weighted by molar-refractivity contribution is -0.118. The van der Waals surface area contributed by atoms with E-state index in [1.165, 1.54) is 17.7 Å². The van der Waals surface area contributed by atoms with Crippen molar-refractivity contribution >= 4 is 33.7 Å². The third-order valence-corrected chi connectivity index (χ3v) is 3.41. The first-order valence-electron chi connectivity index (χ1n) is 4.07. The van der Waals surface area contributed by atoms with Crippen LogP contribution in [0, 0.1) is 0 Å². The molecule has 1 N–H and O–H groups in total. The van der Waals surface area contributed by atoms with E-state index in [1.54, 1.807) is 23.1 Å². The third-order valence-electron chi connectivity index (χ3n) is 1.23. The Hall–Kier alpha value is -0.860. The van der Waals surface area contributed by atoms with Crippen LogP contribution >= 0.6 is 21.6 Å². The molecule has 1 rings (SSSR count). The Morgan fingerprint density at radius 1 is 1.71 bits per heavy atom. The molecule has 0 aromatic heterocycles. The topological polar surface area (TPSA) is 41.5 Å². The molecule has 1 aliphatic rings. The van der Waals surface area contributed by atoms with Crippen molar-refractivity contribution in [2.24, 2.45) is 4.99 Å². The zero-order valence-electron chi connectivity index (χ0n) is 7.74. The molecule has 1 aliphatic heterocycles. The second-order valence-corrected chi connectivity index (χ2v) is 4.81. The van der Waals surface area contributed by atoms with Crippen LogP contribution in [0.5, 0.6) is 0 Å². The van der Waals surface area contributed by atoms with Crippen LogP contribution in [0.2, 0.25) is 0 Å². The van der Waals surface area contributed by atoms with Crippen molar-refractivity contribution < 1.29 is 4.79 Å². The fourth-order valence-corrected chi connectivity index (χ4v) is 2.36. The van der Waals surface area contributed by atoms with Crippen molar-refractivity contribution in [3.8, 4) is 0 Å². The fourth-order valence-electron chi connectivity index (χ4n) is 0.686. The Bertz CT molecular complexity index is 337. The van der Waals surface area contributed by atoms with Gasteiger partial charge in [0.2, 0.25) is 5.91 Å². The Morgan fingerprint density at radius 3 is 3.21 bits per heavy atom. The van der Waals surface area contributed by atoms with Gasteiger partial charge in [-0.15, -0.1) is 0 Å². The van der Waals surface area contributed by atoms with Gasteiger partial charge in [0, 0.05) is 31.5 Å². The summed E-state index contributed by atoms with van der Waals surface area (Å²) < 4.78 is 0. The number of nitrogens with one attached hydrogen (secondary N) is 1. The number of allylic oxidation sites excluding steroid dienone is 1. The molecule has 0 aliphatic carbocycles. The Labute approximate surface area is 90.8 Å². The molecule has 1 heterocycles. The molecule has 0 aromatic rings. The van der Waals surface area contributed by atoms with E-state index in [2.05, 4.69) is 21.8 Å². The highest BCUT2D eigenvalue weighted by Gasteiger charge is 1.97. The summed E-state index contributed by atoms with van der Waals surface area (Å²) in [6, 6.07) is 0. The number of hydrogen-bond acceptors (Lipinski definition) is 4. The summed E-state index contributed by atoms with van der Waals surface area (Å²) in [4.78, 5) is 14.6. The molecule has 0 unspecified atom stereocenters. The van der Waals surface area contributed by atoms with Gasteiger partial charge in [-0.25, -0.2) is 4.99 Å². The number of amides is 1. The molecule has 0 bridgehead atoms. The Kier molecular flexibility index (Phi) is 5.27. The normalized spacial score (nSPS) is 12.8. The van der Waals surface area contributed by atoms with E-state index in [1.807, 2.05) is 0 Å². The summed E-state index contributed by atoms with van der Waals surface area (Å²) in [5.41, 5.74) is 5.72. The number of nitrogens with zero attached hydrogens (tertiary/aromatic N) is 1. The first-order valence-corrected chi connectivity index (χ1v) is 6.39. The van der Waals surface area contributed by atoms with Gasteiger partial charge in [-0.05, 0) is 16.5 Å². The molecule has 5 heteroatoms. The zero-order valence-corrected chi connectivity index (χ0v) is 9.37. The fraction of sp³-hybridized carbons (Fsp3) is 0.333. The molecule has 0 radical (unpaired) electrons. The minimum Gasteiger partial charge on any atom is -0.355 e. The molecule has 0 spiro atoms. The molecule has 0 atom stereocenters. The van der Waals surface area contributed by atoms with Gasteiger partial charge in [0.1, 0.15) is 0 Å². The summed E-state index contributed by atoms with van der Waals surface area (Å²) >= 11 is 0. The Balaban J connectivity index is 2.10. The Morgan fingerprint density at radius 2 is 2.57 bits per heavy atom. The zero-order chi connectivity index (χ0) is 10.2. The summed E-state index contributed by atoms with van der Waals surface area (Å²) in [5.74, 6) is 0.864. The van der Waals surface area contributed by atoms with E-state index in [9.17, 15) is 4.79 Å². The van der Waals surface area contributed by atoms with Crippen LogP contribution in [0.25, 0.3) is 0 Å². The van der Waals surface area contributed by atoms with Gasteiger partial charge in [0.15, 0.2) is 5.03 Å². The minimum atomic E-state index is 0.00771. The molecule has 3 nitrogen and oxygen atoms in total. The van der Waals surface area contributed by atoms with Crippen LogP contribution < -0.4 is 5.32 Å². The van der Waals surface area contributed by atoms with Crippen molar-refractivity contribution in [2.75, 3.05) is 12.3 Å². The van der Waals surface area contributed by atoms with Crippen LogP contribution in [-0.2, 0) is 4.79 Å². The number of aliphatic imine (C=N–C) groups is 1. The smallest absolute Gasteiger partial charge is 0.216 e. The third kappa shape index (κ3) is 5.00. The first-order chi connectivity index (χ1) is 6.79. The van der Waals surface area contributed by atoms with E-state index in [0.29, 0.717) is 6.54 Å². The molecule has 1 amide bonds. The second-order valence-electron chi connectivity index (χ2n) is 2.41. The van der Waals surface area contributed by atoms with Gasteiger partial charge in [0.05, 0.1) is 0 Å². The summed E-state index contributed by atoms with van der Waals surface area (Å²) in [5, 5.41) is 3.54. The average molecular weight is 226 g/mol. The van der Waals surface area contributed by atoms with Crippen LogP contribution in [0.1, 0.15) is 6.92 Å². The first kappa shape index (κ1) is 11.2. The lowest BCUT2D eigenvalue weighted by Gasteiger charge is -2.00. The maximum Gasteiger partial charge on any atom is 0.216 e. The van der Waals surface area contributed by atoms with Crippen LogP contribution in [-0.4, -0.2) is 24.4 Å². The van der Waals surface area contributed by atoms with Gasteiger partial charge >= 0.3 is 0 Å². The van der Waals surface area contributed by atoms with E-state index >= 15 is 0 Å². The molecule has 0 saturated heterocycles. The predicted molar refractivity (Wildman–Crippen MR) is 62.3 cm³/mol. The highest BCUT2D eigenvalue weighted by atomic mass is 33.1. The van der Waals surface area contributed by atoms with Crippen molar-refractivity contribution in [1.82, 2.24) is 5.32 Å². The van der Waals surface area contributed by atoms with E-state index in [0.717, 1.165) is 10.8 Å². The van der Waals surface area contributed by atoms with Crippen molar-refractivity contribution in [2.45, 2.75) is 6.92 Å². The number of carbonyl (C=O) groups is 1. The quantitative estimate of drug-likeness (QED) is 0.441. The predicted octanol–water partition coefficient (Wildman–Crippen LogP) is 1.74. The molecule has 74 valence electrons. The van der Waals surface area contributed by atoms with E-state index < -0.39 is 0 Å². The molecule has 14 heavy (non-hydrogen) atoms. The average Bonchev–Trinajstić information content (AvgIpc) is 2.18. The SMILES string of the molecule is CC(=O)NCCSSC1=C=C=CC=N1. The maximum atomic E-state index is 10.5. The number of carbonyl (C=O) groups excluding carboxylic acids is 1. The highest BCUT2D eigenvalue weighted by Crippen LogP contribution is 2.29. The van der Waals surface area contributed by atoms with Crippen LogP contribution in [0.15, 0.2) is 27.6 Å². The van der Waals surface area contributed by atoms with Crippen LogP contribution in [0.3, 0.4) is 0 Å². The van der Waals surface area contributed by atoms with Gasteiger partial charge < -0.3 is 5.32 Å². The lowest BCUT2D eigenvalue weighted by atomic mass is 10.6. The highest BCUT2D eigenvalue weighted by molar-refractivity contribution is 8.78. The summed E-state index contributed by atoms with van der Waals surface area (Å²) in [6.45, 7) is 2.20. The molecule has 0 fully saturated rings. The molecule has 0 saturated carbocycles. The minimum absolute atomic E-state index is 0.00771. The summed E-state index contributed by atoms with van der Waals surface area (Å²) in [7, 11) is 3.18. The monoisotopic (exact) mass is 226 g/mol. The van der Waals surface area contributed by atoms with Gasteiger partial charge in [-0.3, -0.25) is 4.79 Å². The molecular formula is C9H10N2OS2. The van der Waals surface area contributed by atoms with Gasteiger partial charge in [-0.2, -0.15) is 0 Å². The summed E-state index contributed by atoms with van der Waals surface area (Å²) in [6.07, 6.45) is 3.40. The van der Waals surface area contributed by atoms with E-state index in [-0.39, 0.29) is 5.91 Å².